The molecule has 0 aromatic carbocycles. The topological polar surface area (TPSA) is 59.0 Å². The highest BCUT2D eigenvalue weighted by molar-refractivity contribution is 5.82. The molecule has 8 heteroatoms. The molecule has 1 fully saturated rings. The van der Waals surface area contributed by atoms with E-state index in [9.17, 15) is 18.0 Å². The van der Waals surface area contributed by atoms with E-state index >= 15 is 0 Å². The van der Waals surface area contributed by atoms with E-state index in [1.807, 2.05) is 32.9 Å². The van der Waals surface area contributed by atoms with Crippen LogP contribution in [-0.2, 0) is 10.2 Å². The van der Waals surface area contributed by atoms with Gasteiger partial charge in [0.05, 0.1) is 5.69 Å². The second-order valence-electron chi connectivity index (χ2n) is 8.07. The van der Waals surface area contributed by atoms with Gasteiger partial charge in [0.1, 0.15) is 5.82 Å². The molecule has 0 N–H and O–H groups in total. The highest BCUT2D eigenvalue weighted by Gasteiger charge is 2.44. The predicted molar refractivity (Wildman–Crippen MR) is 98.6 cm³/mol. The molecule has 1 unspecified atom stereocenters. The van der Waals surface area contributed by atoms with E-state index in [1.165, 1.54) is 0 Å². The van der Waals surface area contributed by atoms with Gasteiger partial charge >= 0.3 is 12.1 Å². The van der Waals surface area contributed by atoms with Crippen LogP contribution in [0.15, 0.2) is 30.7 Å². The summed E-state index contributed by atoms with van der Waals surface area (Å²) in [5.74, 6) is -1.44. The van der Waals surface area contributed by atoms with E-state index in [2.05, 4.69) is 9.97 Å². The standard InChI is InChI=1S/C20H23F3N4O/c1-19(2,3)17-25-11-15(13-6-8-24-9-7-13)16(26-17)14-5-4-10-27(12-14)18(28)20(21,22)23/h6-9,11,14H,4-5,10,12H2,1-3H3. The van der Waals surface area contributed by atoms with Crippen molar-refractivity contribution in [3.8, 4) is 11.1 Å². The zero-order valence-electron chi connectivity index (χ0n) is 16.1. The Kier molecular flexibility index (Phi) is 5.41. The minimum absolute atomic E-state index is 0.00295. The molecular weight excluding hydrogens is 369 g/mol. The zero-order valence-corrected chi connectivity index (χ0v) is 16.1. The predicted octanol–water partition coefficient (Wildman–Crippen LogP) is 4.10. The Hall–Kier alpha value is -2.51. The third kappa shape index (κ3) is 4.31. The number of alkyl halides is 3. The average molecular weight is 392 g/mol. The van der Waals surface area contributed by atoms with Crippen molar-refractivity contribution in [1.29, 1.82) is 0 Å². The highest BCUT2D eigenvalue weighted by atomic mass is 19.4. The number of aromatic nitrogens is 3. The number of hydrogen-bond acceptors (Lipinski definition) is 4. The Morgan fingerprint density at radius 1 is 1.18 bits per heavy atom. The van der Waals surface area contributed by atoms with Gasteiger partial charge in [0.15, 0.2) is 0 Å². The summed E-state index contributed by atoms with van der Waals surface area (Å²) >= 11 is 0. The molecule has 0 bridgehead atoms. The van der Waals surface area contributed by atoms with Crippen LogP contribution in [-0.4, -0.2) is 45.0 Å². The molecule has 0 radical (unpaired) electrons. The molecule has 1 aliphatic heterocycles. The number of carbonyl (C=O) groups is 1. The first kappa shape index (κ1) is 20.2. The smallest absolute Gasteiger partial charge is 0.334 e. The fourth-order valence-electron chi connectivity index (χ4n) is 3.39. The van der Waals surface area contributed by atoms with E-state index in [1.54, 1.807) is 18.6 Å². The van der Waals surface area contributed by atoms with Gasteiger partial charge < -0.3 is 4.90 Å². The summed E-state index contributed by atoms with van der Waals surface area (Å²) < 4.78 is 38.7. The third-order valence-corrected chi connectivity index (χ3v) is 4.82. The molecule has 1 aliphatic rings. The van der Waals surface area contributed by atoms with E-state index in [0.717, 1.165) is 16.0 Å². The maximum atomic E-state index is 12.9. The Labute approximate surface area is 162 Å². The van der Waals surface area contributed by atoms with E-state index in [0.29, 0.717) is 24.4 Å². The van der Waals surface area contributed by atoms with Crippen molar-refractivity contribution in [1.82, 2.24) is 19.9 Å². The molecule has 28 heavy (non-hydrogen) atoms. The van der Waals surface area contributed by atoms with Gasteiger partial charge in [0, 0.05) is 48.6 Å². The summed E-state index contributed by atoms with van der Waals surface area (Å²) in [6.45, 7) is 6.06. The first-order chi connectivity index (χ1) is 13.1. The van der Waals surface area contributed by atoms with Crippen molar-refractivity contribution in [2.75, 3.05) is 13.1 Å². The lowest BCUT2D eigenvalue weighted by atomic mass is 9.88. The minimum Gasteiger partial charge on any atom is -0.334 e. The lowest BCUT2D eigenvalue weighted by molar-refractivity contribution is -0.186. The number of hydrogen-bond donors (Lipinski definition) is 0. The van der Waals surface area contributed by atoms with Crippen molar-refractivity contribution in [2.45, 2.75) is 51.1 Å². The van der Waals surface area contributed by atoms with Gasteiger partial charge in [-0.25, -0.2) is 9.97 Å². The number of amides is 1. The Morgan fingerprint density at radius 3 is 2.46 bits per heavy atom. The van der Waals surface area contributed by atoms with Crippen LogP contribution in [0, 0.1) is 0 Å². The van der Waals surface area contributed by atoms with Crippen LogP contribution in [0.4, 0.5) is 13.2 Å². The summed E-state index contributed by atoms with van der Waals surface area (Å²) in [6.07, 6.45) is 1.33. The molecule has 2 aromatic heterocycles. The summed E-state index contributed by atoms with van der Waals surface area (Å²) in [7, 11) is 0. The van der Waals surface area contributed by atoms with E-state index < -0.39 is 12.1 Å². The molecule has 150 valence electrons. The van der Waals surface area contributed by atoms with Crippen LogP contribution in [0.2, 0.25) is 0 Å². The number of rotatable bonds is 2. The van der Waals surface area contributed by atoms with Gasteiger partial charge in [-0.05, 0) is 30.5 Å². The molecular formula is C20H23F3N4O. The van der Waals surface area contributed by atoms with Gasteiger partial charge in [-0.3, -0.25) is 9.78 Å². The molecule has 1 atom stereocenters. The number of halogens is 3. The Balaban J connectivity index is 2.02. The number of piperidine rings is 1. The molecule has 3 heterocycles. The summed E-state index contributed by atoms with van der Waals surface area (Å²) in [4.78, 5) is 25.9. The Morgan fingerprint density at radius 2 is 1.86 bits per heavy atom. The largest absolute Gasteiger partial charge is 0.471 e. The fraction of sp³-hybridized carbons (Fsp3) is 0.500. The molecule has 5 nitrogen and oxygen atoms in total. The lowest BCUT2D eigenvalue weighted by Gasteiger charge is -2.34. The number of likely N-dealkylation sites (tertiary alicyclic amines) is 1. The first-order valence-corrected chi connectivity index (χ1v) is 9.21. The average Bonchev–Trinajstić information content (AvgIpc) is 2.66. The van der Waals surface area contributed by atoms with Crippen LogP contribution in [0.1, 0.15) is 51.0 Å². The SMILES string of the molecule is CC(C)(C)c1ncc(-c2ccncc2)c(C2CCCN(C(=O)C(F)(F)F)C2)n1. The van der Waals surface area contributed by atoms with Gasteiger partial charge in [-0.15, -0.1) is 0 Å². The van der Waals surface area contributed by atoms with Crippen LogP contribution in [0.3, 0.4) is 0 Å². The Bertz CT molecular complexity index is 847. The van der Waals surface area contributed by atoms with Crippen molar-refractivity contribution in [3.63, 3.8) is 0 Å². The molecule has 0 saturated carbocycles. The van der Waals surface area contributed by atoms with Crippen molar-refractivity contribution >= 4 is 5.91 Å². The third-order valence-electron chi connectivity index (χ3n) is 4.82. The van der Waals surface area contributed by atoms with Crippen molar-refractivity contribution in [2.24, 2.45) is 0 Å². The van der Waals surface area contributed by atoms with Gasteiger partial charge in [-0.2, -0.15) is 13.2 Å². The molecule has 1 saturated heterocycles. The molecule has 2 aromatic rings. The second kappa shape index (κ2) is 7.48. The van der Waals surface area contributed by atoms with Gasteiger partial charge in [0.25, 0.3) is 0 Å². The number of nitrogens with zero attached hydrogens (tertiary/aromatic N) is 4. The minimum atomic E-state index is -4.86. The zero-order chi connectivity index (χ0) is 20.5. The number of carbonyl (C=O) groups excluding carboxylic acids is 1. The summed E-state index contributed by atoms with van der Waals surface area (Å²) in [5.41, 5.74) is 2.00. The van der Waals surface area contributed by atoms with Gasteiger partial charge in [-0.1, -0.05) is 20.8 Å². The molecule has 0 spiro atoms. The van der Waals surface area contributed by atoms with Crippen LogP contribution < -0.4 is 0 Å². The monoisotopic (exact) mass is 392 g/mol. The maximum absolute atomic E-state index is 12.9. The molecule has 1 amide bonds. The van der Waals surface area contributed by atoms with Crippen LogP contribution >= 0.6 is 0 Å². The second-order valence-corrected chi connectivity index (χ2v) is 8.07. The number of pyridine rings is 1. The van der Waals surface area contributed by atoms with Crippen LogP contribution in [0.5, 0.6) is 0 Å². The van der Waals surface area contributed by atoms with Crippen LogP contribution in [0.25, 0.3) is 11.1 Å². The quantitative estimate of drug-likeness (QED) is 0.772. The first-order valence-electron chi connectivity index (χ1n) is 9.21. The fourth-order valence-corrected chi connectivity index (χ4v) is 3.39. The summed E-state index contributed by atoms with van der Waals surface area (Å²) in [5, 5.41) is 0. The highest BCUT2D eigenvalue weighted by Crippen LogP contribution is 2.35. The van der Waals surface area contributed by atoms with E-state index in [-0.39, 0.29) is 24.4 Å². The molecule has 3 rings (SSSR count). The van der Waals surface area contributed by atoms with E-state index in [4.69, 9.17) is 4.98 Å². The lowest BCUT2D eigenvalue weighted by Crippen LogP contribution is -2.46. The maximum Gasteiger partial charge on any atom is 0.471 e. The van der Waals surface area contributed by atoms with Gasteiger partial charge in [0.2, 0.25) is 0 Å². The van der Waals surface area contributed by atoms with Crippen molar-refractivity contribution < 1.29 is 18.0 Å². The summed E-state index contributed by atoms with van der Waals surface area (Å²) in [6, 6.07) is 3.64. The van der Waals surface area contributed by atoms with Crippen molar-refractivity contribution in [3.05, 3.63) is 42.2 Å². The normalized spacial score (nSPS) is 18.2. The molecule has 0 aliphatic carbocycles.